The highest BCUT2D eigenvalue weighted by Crippen LogP contribution is 2.35. The molecule has 0 aromatic rings. The number of rotatable bonds is 5. The molecule has 0 heterocycles. The van der Waals surface area contributed by atoms with Crippen molar-refractivity contribution < 1.29 is 9.53 Å². The minimum Gasteiger partial charge on any atom is -0.468 e. The van der Waals surface area contributed by atoms with Crippen LogP contribution >= 0.6 is 0 Å². The molecule has 1 aliphatic carbocycles. The van der Waals surface area contributed by atoms with E-state index < -0.39 is 0 Å². The fraction of sp³-hybridized carbons (Fsp3) is 0.800. The minimum atomic E-state index is -0.173. The van der Waals surface area contributed by atoms with Crippen molar-refractivity contribution in [3.8, 4) is 6.07 Å². The molecule has 4 nitrogen and oxygen atoms in total. The molecule has 0 spiro atoms. The van der Waals surface area contributed by atoms with Crippen molar-refractivity contribution in [2.24, 2.45) is 5.92 Å². The zero-order valence-electron chi connectivity index (χ0n) is 8.69. The van der Waals surface area contributed by atoms with Gasteiger partial charge in [-0.15, -0.1) is 0 Å². The summed E-state index contributed by atoms with van der Waals surface area (Å²) in [5, 5.41) is 8.45. The normalized spacial score (nSPS) is 17.6. The summed E-state index contributed by atoms with van der Waals surface area (Å²) in [5.41, 5.74) is 0. The van der Waals surface area contributed by atoms with Crippen molar-refractivity contribution in [2.45, 2.75) is 25.3 Å². The molecule has 0 aliphatic heterocycles. The number of esters is 1. The molecule has 1 unspecified atom stereocenters. The number of hydrogen-bond acceptors (Lipinski definition) is 4. The van der Waals surface area contributed by atoms with Gasteiger partial charge in [-0.3, -0.25) is 9.69 Å². The quantitative estimate of drug-likeness (QED) is 0.610. The summed E-state index contributed by atoms with van der Waals surface area (Å²) in [6, 6.07) is 1.93. The Labute approximate surface area is 84.4 Å². The van der Waals surface area contributed by atoms with Gasteiger partial charge in [-0.2, -0.15) is 5.26 Å². The minimum absolute atomic E-state index is 0.145. The van der Waals surface area contributed by atoms with Crippen molar-refractivity contribution in [3.05, 3.63) is 0 Å². The summed E-state index contributed by atoms with van der Waals surface area (Å²) in [6.45, 7) is 0.632. The molecule has 0 radical (unpaired) electrons. The maximum atomic E-state index is 11.5. The van der Waals surface area contributed by atoms with Crippen molar-refractivity contribution in [1.29, 1.82) is 5.26 Å². The lowest BCUT2D eigenvalue weighted by Gasteiger charge is -2.24. The summed E-state index contributed by atoms with van der Waals surface area (Å²) >= 11 is 0. The van der Waals surface area contributed by atoms with E-state index in [9.17, 15) is 4.79 Å². The van der Waals surface area contributed by atoms with E-state index >= 15 is 0 Å². The average Bonchev–Trinajstić information content (AvgIpc) is 2.98. The van der Waals surface area contributed by atoms with Crippen molar-refractivity contribution >= 4 is 5.97 Å². The maximum Gasteiger partial charge on any atom is 0.323 e. The summed E-state index contributed by atoms with van der Waals surface area (Å²) in [6.07, 6.45) is 2.64. The SMILES string of the molecule is COC(=O)C(C1CC1)N(C)CCC#N. The van der Waals surface area contributed by atoms with Crippen LogP contribution in [0.15, 0.2) is 0 Å². The van der Waals surface area contributed by atoms with Gasteiger partial charge in [0.25, 0.3) is 0 Å². The number of likely N-dealkylation sites (N-methyl/N-ethyl adjacent to an activating group) is 1. The van der Waals surface area contributed by atoms with Crippen LogP contribution < -0.4 is 0 Å². The molecule has 14 heavy (non-hydrogen) atoms. The van der Waals surface area contributed by atoms with E-state index in [1.807, 2.05) is 11.9 Å². The molecular weight excluding hydrogens is 180 g/mol. The van der Waals surface area contributed by atoms with Gasteiger partial charge in [0, 0.05) is 13.0 Å². The van der Waals surface area contributed by atoms with E-state index in [0.29, 0.717) is 18.9 Å². The van der Waals surface area contributed by atoms with Gasteiger partial charge < -0.3 is 4.74 Å². The number of methoxy groups -OCH3 is 1. The molecule has 0 aromatic heterocycles. The van der Waals surface area contributed by atoms with Crippen LogP contribution in [0.5, 0.6) is 0 Å². The third kappa shape index (κ3) is 2.71. The Kier molecular flexibility index (Phi) is 3.90. The molecule has 0 amide bonds. The number of hydrogen-bond donors (Lipinski definition) is 0. The lowest BCUT2D eigenvalue weighted by atomic mass is 10.1. The molecule has 78 valence electrons. The van der Waals surface area contributed by atoms with Gasteiger partial charge in [0.1, 0.15) is 6.04 Å². The average molecular weight is 196 g/mol. The van der Waals surface area contributed by atoms with Gasteiger partial charge in [0.2, 0.25) is 0 Å². The van der Waals surface area contributed by atoms with E-state index in [2.05, 4.69) is 6.07 Å². The fourth-order valence-corrected chi connectivity index (χ4v) is 1.63. The molecule has 4 heteroatoms. The van der Waals surface area contributed by atoms with Crippen molar-refractivity contribution in [1.82, 2.24) is 4.90 Å². The number of carbonyl (C=O) groups excluding carboxylic acids is 1. The van der Waals surface area contributed by atoms with Gasteiger partial charge in [0.15, 0.2) is 0 Å². The first-order chi connectivity index (χ1) is 6.70. The third-order valence-corrected chi connectivity index (χ3v) is 2.56. The van der Waals surface area contributed by atoms with E-state index in [1.54, 1.807) is 0 Å². The highest BCUT2D eigenvalue weighted by molar-refractivity contribution is 5.76. The van der Waals surface area contributed by atoms with Crippen LogP contribution in [0, 0.1) is 17.2 Å². The molecule has 1 atom stereocenters. The van der Waals surface area contributed by atoms with Crippen LogP contribution in [-0.2, 0) is 9.53 Å². The van der Waals surface area contributed by atoms with Gasteiger partial charge in [-0.05, 0) is 25.8 Å². The molecule has 0 bridgehead atoms. The van der Waals surface area contributed by atoms with Gasteiger partial charge in [-0.25, -0.2) is 0 Å². The second-order valence-corrected chi connectivity index (χ2v) is 3.69. The van der Waals surface area contributed by atoms with E-state index in [1.165, 1.54) is 7.11 Å². The first-order valence-corrected chi connectivity index (χ1v) is 4.85. The zero-order chi connectivity index (χ0) is 10.6. The predicted molar refractivity (Wildman–Crippen MR) is 51.4 cm³/mol. The fourth-order valence-electron chi connectivity index (χ4n) is 1.63. The molecule has 1 saturated carbocycles. The summed E-state index contributed by atoms with van der Waals surface area (Å²) in [5.74, 6) is 0.263. The highest BCUT2D eigenvalue weighted by Gasteiger charge is 2.39. The molecule has 0 aromatic carbocycles. The molecule has 0 N–H and O–H groups in total. The van der Waals surface area contributed by atoms with Gasteiger partial charge in [0.05, 0.1) is 13.2 Å². The molecule has 1 rings (SSSR count). The predicted octanol–water partition coefficient (Wildman–Crippen LogP) is 0.783. The summed E-state index contributed by atoms with van der Waals surface area (Å²) in [7, 11) is 3.28. The smallest absolute Gasteiger partial charge is 0.323 e. The second kappa shape index (κ2) is 4.97. The van der Waals surface area contributed by atoms with E-state index in [4.69, 9.17) is 10.00 Å². The van der Waals surface area contributed by atoms with Gasteiger partial charge >= 0.3 is 5.97 Å². The Balaban J connectivity index is 2.49. The number of ether oxygens (including phenoxy) is 1. The van der Waals surface area contributed by atoms with Crippen LogP contribution in [-0.4, -0.2) is 37.6 Å². The largest absolute Gasteiger partial charge is 0.468 e. The Bertz CT molecular complexity index is 243. The Morgan fingerprint density at radius 2 is 2.36 bits per heavy atom. The first-order valence-electron chi connectivity index (χ1n) is 4.85. The number of nitriles is 1. The molecule has 1 aliphatic rings. The zero-order valence-corrected chi connectivity index (χ0v) is 8.69. The Hall–Kier alpha value is -1.08. The molecule has 0 saturated heterocycles. The molecular formula is C10H16N2O2. The molecule has 1 fully saturated rings. The topological polar surface area (TPSA) is 53.3 Å². The standard InChI is InChI=1S/C10H16N2O2/c1-12(7-3-6-11)9(8-4-5-8)10(13)14-2/h8-9H,3-5,7H2,1-2H3. The summed E-state index contributed by atoms with van der Waals surface area (Å²) < 4.78 is 4.75. The maximum absolute atomic E-state index is 11.5. The summed E-state index contributed by atoms with van der Waals surface area (Å²) in [4.78, 5) is 13.4. The third-order valence-electron chi connectivity index (χ3n) is 2.56. The van der Waals surface area contributed by atoms with Crippen LogP contribution in [0.1, 0.15) is 19.3 Å². The van der Waals surface area contributed by atoms with Crippen LogP contribution in [0.3, 0.4) is 0 Å². The first kappa shape index (κ1) is 11.0. The van der Waals surface area contributed by atoms with E-state index in [-0.39, 0.29) is 12.0 Å². The monoisotopic (exact) mass is 196 g/mol. The van der Waals surface area contributed by atoms with Crippen LogP contribution in [0.4, 0.5) is 0 Å². The van der Waals surface area contributed by atoms with E-state index in [0.717, 1.165) is 12.8 Å². The van der Waals surface area contributed by atoms with Crippen molar-refractivity contribution in [2.75, 3.05) is 20.7 Å². The Morgan fingerprint density at radius 3 is 2.79 bits per heavy atom. The lowest BCUT2D eigenvalue weighted by molar-refractivity contribution is -0.147. The Morgan fingerprint density at radius 1 is 1.71 bits per heavy atom. The van der Waals surface area contributed by atoms with Crippen molar-refractivity contribution in [3.63, 3.8) is 0 Å². The number of carbonyl (C=O) groups is 1. The van der Waals surface area contributed by atoms with Crippen LogP contribution in [0.2, 0.25) is 0 Å². The highest BCUT2D eigenvalue weighted by atomic mass is 16.5. The lowest BCUT2D eigenvalue weighted by Crippen LogP contribution is -2.41. The second-order valence-electron chi connectivity index (χ2n) is 3.69. The van der Waals surface area contributed by atoms with Gasteiger partial charge in [-0.1, -0.05) is 0 Å². The van der Waals surface area contributed by atoms with Crippen LogP contribution in [0.25, 0.3) is 0 Å². The number of nitrogens with zero attached hydrogens (tertiary/aromatic N) is 2.